The summed E-state index contributed by atoms with van der Waals surface area (Å²) in [6.45, 7) is 0. The van der Waals surface area contributed by atoms with E-state index in [9.17, 15) is 18.0 Å². The lowest BCUT2D eigenvalue weighted by atomic mass is 9.97. The van der Waals surface area contributed by atoms with Crippen molar-refractivity contribution in [1.82, 2.24) is 9.97 Å². The lowest BCUT2D eigenvalue weighted by Gasteiger charge is -2.12. The third-order valence-electron chi connectivity index (χ3n) is 3.43. The molecular formula is C15H11F3N2O. The molecule has 2 aromatic rings. The van der Waals surface area contributed by atoms with Crippen LogP contribution in [-0.2, 0) is 6.18 Å². The summed E-state index contributed by atoms with van der Waals surface area (Å²) in [5.74, 6) is -0.518. The van der Waals surface area contributed by atoms with Crippen LogP contribution in [-0.4, -0.2) is 15.8 Å². The predicted octanol–water partition coefficient (Wildman–Crippen LogP) is 3.60. The molecule has 3 rings (SSSR count). The molecular weight excluding hydrogens is 281 g/mol. The highest BCUT2D eigenvalue weighted by Gasteiger charge is 2.36. The third-order valence-corrected chi connectivity index (χ3v) is 3.43. The second kappa shape index (κ2) is 4.95. The van der Waals surface area contributed by atoms with Crippen molar-refractivity contribution in [2.24, 2.45) is 0 Å². The summed E-state index contributed by atoms with van der Waals surface area (Å²) < 4.78 is 39.0. The molecule has 1 aliphatic rings. The van der Waals surface area contributed by atoms with Crippen molar-refractivity contribution < 1.29 is 18.0 Å². The van der Waals surface area contributed by atoms with Gasteiger partial charge in [-0.15, -0.1) is 0 Å². The number of hydrogen-bond acceptors (Lipinski definition) is 3. The van der Waals surface area contributed by atoms with E-state index in [1.807, 2.05) is 0 Å². The molecule has 1 aromatic heterocycles. The van der Waals surface area contributed by atoms with Crippen LogP contribution in [0.4, 0.5) is 13.2 Å². The summed E-state index contributed by atoms with van der Waals surface area (Å²) in [7, 11) is 0. The molecule has 1 saturated carbocycles. The van der Waals surface area contributed by atoms with Gasteiger partial charge in [0.2, 0.25) is 0 Å². The number of alkyl halides is 3. The highest BCUT2D eigenvalue weighted by molar-refractivity contribution is 6.10. The maximum Gasteiger partial charge on any atom is 0.417 e. The average molecular weight is 292 g/mol. The minimum Gasteiger partial charge on any atom is -0.288 e. The lowest BCUT2D eigenvalue weighted by Crippen LogP contribution is -2.15. The van der Waals surface area contributed by atoms with E-state index in [0.717, 1.165) is 18.9 Å². The largest absolute Gasteiger partial charge is 0.417 e. The quantitative estimate of drug-likeness (QED) is 0.812. The van der Waals surface area contributed by atoms with Gasteiger partial charge in [0.05, 0.1) is 16.8 Å². The van der Waals surface area contributed by atoms with Crippen molar-refractivity contribution in [2.75, 3.05) is 0 Å². The van der Waals surface area contributed by atoms with Crippen LogP contribution in [0.5, 0.6) is 0 Å². The molecule has 1 heterocycles. The van der Waals surface area contributed by atoms with Gasteiger partial charge in [0.15, 0.2) is 5.78 Å². The van der Waals surface area contributed by atoms with E-state index in [2.05, 4.69) is 9.97 Å². The normalized spacial score (nSPS) is 15.0. The molecule has 1 fully saturated rings. The zero-order chi connectivity index (χ0) is 15.0. The van der Waals surface area contributed by atoms with Crippen molar-refractivity contribution >= 4 is 5.78 Å². The van der Waals surface area contributed by atoms with Crippen LogP contribution in [0, 0.1) is 0 Å². The first-order valence-electron chi connectivity index (χ1n) is 6.49. The highest BCUT2D eigenvalue weighted by atomic mass is 19.4. The fourth-order valence-corrected chi connectivity index (χ4v) is 2.27. The van der Waals surface area contributed by atoms with E-state index in [0.29, 0.717) is 5.69 Å². The van der Waals surface area contributed by atoms with E-state index in [1.165, 1.54) is 30.7 Å². The van der Waals surface area contributed by atoms with Crippen molar-refractivity contribution in [3.05, 3.63) is 59.2 Å². The Labute approximate surface area is 118 Å². The van der Waals surface area contributed by atoms with Gasteiger partial charge in [0, 0.05) is 17.7 Å². The fourth-order valence-electron chi connectivity index (χ4n) is 2.27. The molecule has 0 spiro atoms. The summed E-state index contributed by atoms with van der Waals surface area (Å²) in [4.78, 5) is 20.3. The van der Waals surface area contributed by atoms with Gasteiger partial charge in [0.25, 0.3) is 0 Å². The van der Waals surface area contributed by atoms with Gasteiger partial charge in [-0.1, -0.05) is 18.2 Å². The number of ketones is 1. The predicted molar refractivity (Wildman–Crippen MR) is 68.9 cm³/mol. The molecule has 6 heteroatoms. The van der Waals surface area contributed by atoms with E-state index in [-0.39, 0.29) is 17.0 Å². The molecule has 0 N–H and O–H groups in total. The second-order valence-corrected chi connectivity index (χ2v) is 4.97. The molecule has 0 aliphatic heterocycles. The molecule has 0 unspecified atom stereocenters. The summed E-state index contributed by atoms with van der Waals surface area (Å²) >= 11 is 0. The van der Waals surface area contributed by atoms with Crippen LogP contribution in [0.15, 0.2) is 36.8 Å². The zero-order valence-corrected chi connectivity index (χ0v) is 10.9. The number of nitrogens with zero attached hydrogens (tertiary/aromatic N) is 2. The van der Waals surface area contributed by atoms with E-state index >= 15 is 0 Å². The topological polar surface area (TPSA) is 42.9 Å². The molecule has 0 radical (unpaired) electrons. The van der Waals surface area contributed by atoms with Gasteiger partial charge in [0.1, 0.15) is 6.33 Å². The van der Waals surface area contributed by atoms with Crippen molar-refractivity contribution in [2.45, 2.75) is 24.9 Å². The minimum absolute atomic E-state index is 0.157. The van der Waals surface area contributed by atoms with Crippen LogP contribution >= 0.6 is 0 Å². The number of halogens is 3. The van der Waals surface area contributed by atoms with Crippen molar-refractivity contribution in [3.63, 3.8) is 0 Å². The molecule has 1 aliphatic carbocycles. The van der Waals surface area contributed by atoms with Crippen LogP contribution in [0.25, 0.3) is 0 Å². The Morgan fingerprint density at radius 3 is 2.52 bits per heavy atom. The summed E-state index contributed by atoms with van der Waals surface area (Å²) in [5, 5.41) is 0. The molecule has 0 atom stereocenters. The van der Waals surface area contributed by atoms with Gasteiger partial charge in [-0.3, -0.25) is 4.79 Å². The monoisotopic (exact) mass is 292 g/mol. The van der Waals surface area contributed by atoms with Crippen molar-refractivity contribution in [3.8, 4) is 0 Å². The molecule has 21 heavy (non-hydrogen) atoms. The Bertz CT molecular complexity index is 693. The summed E-state index contributed by atoms with van der Waals surface area (Å²) in [5.41, 5.74) is -0.578. The van der Waals surface area contributed by atoms with Gasteiger partial charge in [-0.25, -0.2) is 9.97 Å². The summed E-state index contributed by atoms with van der Waals surface area (Å²) in [6.07, 6.45) is -0.145. The van der Waals surface area contributed by atoms with Crippen LogP contribution < -0.4 is 0 Å². The van der Waals surface area contributed by atoms with E-state index < -0.39 is 17.5 Å². The van der Waals surface area contributed by atoms with Crippen LogP contribution in [0.2, 0.25) is 0 Å². The third kappa shape index (κ3) is 2.66. The van der Waals surface area contributed by atoms with Gasteiger partial charge in [-0.05, 0) is 18.9 Å². The van der Waals surface area contributed by atoms with E-state index in [1.54, 1.807) is 0 Å². The first kappa shape index (κ1) is 13.7. The Balaban J connectivity index is 2.08. The van der Waals surface area contributed by atoms with Crippen LogP contribution in [0.1, 0.15) is 45.9 Å². The number of carbonyl (C=O) groups excluding carboxylic acids is 1. The SMILES string of the molecule is O=C(c1ccccc1C(F)(F)F)c1cncnc1C1CC1. The first-order chi connectivity index (χ1) is 9.98. The Kier molecular flexibility index (Phi) is 3.23. The number of rotatable bonds is 3. The molecule has 3 nitrogen and oxygen atoms in total. The van der Waals surface area contributed by atoms with Gasteiger partial charge in [-0.2, -0.15) is 13.2 Å². The van der Waals surface area contributed by atoms with E-state index in [4.69, 9.17) is 0 Å². The molecule has 1 aromatic carbocycles. The first-order valence-corrected chi connectivity index (χ1v) is 6.49. The maximum atomic E-state index is 13.0. The number of benzene rings is 1. The van der Waals surface area contributed by atoms with Crippen LogP contribution in [0.3, 0.4) is 0 Å². The zero-order valence-electron chi connectivity index (χ0n) is 10.9. The standard InChI is InChI=1S/C15H11F3N2O/c16-15(17,18)12-4-2-1-3-10(12)14(21)11-7-19-8-20-13(11)9-5-6-9/h1-4,7-9H,5-6H2. The van der Waals surface area contributed by atoms with Crippen molar-refractivity contribution in [1.29, 1.82) is 0 Å². The summed E-state index contributed by atoms with van der Waals surface area (Å²) in [6, 6.07) is 4.79. The average Bonchev–Trinajstić information content (AvgIpc) is 3.30. The molecule has 108 valence electrons. The number of hydrogen-bond donors (Lipinski definition) is 0. The Hall–Kier alpha value is -2.24. The van der Waals surface area contributed by atoms with Gasteiger partial charge >= 0.3 is 6.18 Å². The highest BCUT2D eigenvalue weighted by Crippen LogP contribution is 2.41. The second-order valence-electron chi connectivity index (χ2n) is 4.97. The fraction of sp³-hybridized carbons (Fsp3) is 0.267. The van der Waals surface area contributed by atoms with Gasteiger partial charge < -0.3 is 0 Å². The molecule has 0 saturated heterocycles. The maximum absolute atomic E-state index is 13.0. The Morgan fingerprint density at radius 1 is 1.14 bits per heavy atom. The Morgan fingerprint density at radius 2 is 1.86 bits per heavy atom. The minimum atomic E-state index is -4.57. The number of aromatic nitrogens is 2. The molecule has 0 bridgehead atoms. The molecule has 0 amide bonds. The lowest BCUT2D eigenvalue weighted by molar-refractivity contribution is -0.137. The number of carbonyl (C=O) groups is 1. The smallest absolute Gasteiger partial charge is 0.288 e.